The molecule has 0 unspecified atom stereocenters. The maximum atomic E-state index is 10.7. The van der Waals surface area contributed by atoms with E-state index in [1.165, 1.54) is 12.1 Å². The van der Waals surface area contributed by atoms with Crippen molar-refractivity contribution in [3.8, 4) is 11.8 Å². The third-order valence-electron chi connectivity index (χ3n) is 1.71. The molecule has 78 valence electrons. The molecule has 0 aromatic heterocycles. The van der Waals surface area contributed by atoms with Crippen LogP contribution in [0.25, 0.3) is 0 Å². The Morgan fingerprint density at radius 2 is 2.20 bits per heavy atom. The Labute approximate surface area is 87.2 Å². The van der Waals surface area contributed by atoms with Crippen molar-refractivity contribution >= 4 is 11.4 Å². The van der Waals surface area contributed by atoms with E-state index in [0.717, 1.165) is 0 Å². The third-order valence-corrected chi connectivity index (χ3v) is 1.71. The maximum Gasteiger partial charge on any atom is 0.286 e. The molecule has 0 bridgehead atoms. The van der Waals surface area contributed by atoms with E-state index in [2.05, 4.69) is 11.8 Å². The van der Waals surface area contributed by atoms with Crippen molar-refractivity contribution in [1.29, 1.82) is 0 Å². The minimum absolute atomic E-state index is 0.0699. The first-order valence-electron chi connectivity index (χ1n) is 4.38. The predicted octanol–water partition coefficient (Wildman–Crippen LogP) is 0.877. The molecule has 0 aliphatic carbocycles. The average molecular weight is 205 g/mol. The number of nitrogens with zero attached hydrogens (tertiary/aromatic N) is 1. The first-order chi connectivity index (χ1) is 7.15. The van der Waals surface area contributed by atoms with Gasteiger partial charge in [0.1, 0.15) is 5.56 Å². The summed E-state index contributed by atoms with van der Waals surface area (Å²) < 4.78 is 0. The smallest absolute Gasteiger partial charge is 0.286 e. The zero-order valence-electron chi connectivity index (χ0n) is 8.06. The fraction of sp³-hybridized carbons (Fsp3) is 0.200. The van der Waals surface area contributed by atoms with E-state index >= 15 is 0 Å². The van der Waals surface area contributed by atoms with Crippen LogP contribution in [0.3, 0.4) is 0 Å². The van der Waals surface area contributed by atoms with Crippen molar-refractivity contribution < 1.29 is 4.92 Å². The van der Waals surface area contributed by atoms with E-state index in [0.29, 0.717) is 24.2 Å². The minimum Gasteiger partial charge on any atom is -0.399 e. The number of benzene rings is 1. The first kappa shape index (κ1) is 11.0. The zero-order chi connectivity index (χ0) is 11.3. The second-order valence-electron chi connectivity index (χ2n) is 2.87. The molecule has 4 N–H and O–H groups in total. The fourth-order valence-corrected chi connectivity index (χ4v) is 1.04. The molecular weight excluding hydrogens is 194 g/mol. The summed E-state index contributed by atoms with van der Waals surface area (Å²) in [4.78, 5) is 10.2. The van der Waals surface area contributed by atoms with Crippen LogP contribution in [-0.2, 0) is 0 Å². The predicted molar refractivity (Wildman–Crippen MR) is 58.1 cm³/mol. The number of anilines is 1. The standard InChI is InChI=1S/C10H11N3O2/c11-6-2-1-3-8-4-5-9(12)7-10(8)13(14)15/h4-5,7H,2,6,11-12H2. The number of hydrogen-bond acceptors (Lipinski definition) is 4. The Bertz CT molecular complexity index is 432. The molecule has 0 aliphatic heterocycles. The summed E-state index contributed by atoms with van der Waals surface area (Å²) in [5.74, 6) is 5.44. The lowest BCUT2D eigenvalue weighted by molar-refractivity contribution is -0.385. The molecule has 0 saturated heterocycles. The van der Waals surface area contributed by atoms with Crippen LogP contribution in [-0.4, -0.2) is 11.5 Å². The SMILES string of the molecule is NCCC#Cc1ccc(N)cc1[N+](=O)[O-]. The van der Waals surface area contributed by atoms with Crippen molar-refractivity contribution in [3.05, 3.63) is 33.9 Å². The van der Waals surface area contributed by atoms with Gasteiger partial charge in [0, 0.05) is 24.7 Å². The van der Waals surface area contributed by atoms with Crippen molar-refractivity contribution in [2.24, 2.45) is 5.73 Å². The van der Waals surface area contributed by atoms with Gasteiger partial charge in [0.2, 0.25) is 0 Å². The first-order valence-corrected chi connectivity index (χ1v) is 4.38. The maximum absolute atomic E-state index is 10.7. The fourth-order valence-electron chi connectivity index (χ4n) is 1.04. The molecule has 0 saturated carbocycles. The number of nitro benzene ring substituents is 1. The van der Waals surface area contributed by atoms with Gasteiger partial charge in [-0.2, -0.15) is 0 Å². The molecule has 0 atom stereocenters. The summed E-state index contributed by atoms with van der Waals surface area (Å²) in [5.41, 5.74) is 11.4. The summed E-state index contributed by atoms with van der Waals surface area (Å²) in [6, 6.07) is 4.42. The highest BCUT2D eigenvalue weighted by atomic mass is 16.6. The zero-order valence-corrected chi connectivity index (χ0v) is 8.06. The molecule has 15 heavy (non-hydrogen) atoms. The highest BCUT2D eigenvalue weighted by molar-refractivity contribution is 5.58. The molecule has 5 heteroatoms. The van der Waals surface area contributed by atoms with Crippen LogP contribution < -0.4 is 11.5 Å². The molecule has 0 fully saturated rings. The van der Waals surface area contributed by atoms with Crippen LogP contribution in [0.4, 0.5) is 11.4 Å². The Kier molecular flexibility index (Phi) is 3.66. The Hall–Kier alpha value is -2.06. The van der Waals surface area contributed by atoms with Gasteiger partial charge in [-0.05, 0) is 12.1 Å². The summed E-state index contributed by atoms with van der Waals surface area (Å²) in [6.07, 6.45) is 0.515. The highest BCUT2D eigenvalue weighted by Gasteiger charge is 2.11. The quantitative estimate of drug-likeness (QED) is 0.324. The molecular formula is C10H11N3O2. The largest absolute Gasteiger partial charge is 0.399 e. The van der Waals surface area contributed by atoms with Crippen LogP contribution in [0.15, 0.2) is 18.2 Å². The molecule has 1 aromatic rings. The number of nitro groups is 1. The normalized spacial score (nSPS) is 9.13. The molecule has 0 radical (unpaired) electrons. The van der Waals surface area contributed by atoms with Gasteiger partial charge in [-0.25, -0.2) is 0 Å². The van der Waals surface area contributed by atoms with Gasteiger partial charge >= 0.3 is 0 Å². The highest BCUT2D eigenvalue weighted by Crippen LogP contribution is 2.20. The van der Waals surface area contributed by atoms with Crippen molar-refractivity contribution in [2.75, 3.05) is 12.3 Å². The van der Waals surface area contributed by atoms with Crippen LogP contribution in [0, 0.1) is 22.0 Å². The number of nitrogen functional groups attached to an aromatic ring is 1. The third kappa shape index (κ3) is 2.97. The van der Waals surface area contributed by atoms with Gasteiger partial charge in [-0.3, -0.25) is 10.1 Å². The lowest BCUT2D eigenvalue weighted by atomic mass is 10.1. The van der Waals surface area contributed by atoms with E-state index < -0.39 is 4.92 Å². The van der Waals surface area contributed by atoms with E-state index in [-0.39, 0.29) is 5.69 Å². The second kappa shape index (κ2) is 4.98. The topological polar surface area (TPSA) is 95.2 Å². The summed E-state index contributed by atoms with van der Waals surface area (Å²) in [5, 5.41) is 10.7. The Morgan fingerprint density at radius 1 is 1.47 bits per heavy atom. The van der Waals surface area contributed by atoms with Gasteiger partial charge in [0.15, 0.2) is 0 Å². The van der Waals surface area contributed by atoms with Crippen molar-refractivity contribution in [1.82, 2.24) is 0 Å². The lowest BCUT2D eigenvalue weighted by Gasteiger charge is -1.96. The number of nitrogens with two attached hydrogens (primary N) is 2. The van der Waals surface area contributed by atoms with Gasteiger partial charge in [-0.1, -0.05) is 11.8 Å². The van der Waals surface area contributed by atoms with E-state index in [9.17, 15) is 10.1 Å². The monoisotopic (exact) mass is 205 g/mol. The minimum atomic E-state index is -0.497. The van der Waals surface area contributed by atoms with Crippen LogP contribution in [0.2, 0.25) is 0 Å². The molecule has 0 spiro atoms. The van der Waals surface area contributed by atoms with Gasteiger partial charge in [-0.15, -0.1) is 0 Å². The molecule has 0 heterocycles. The van der Waals surface area contributed by atoms with Crippen molar-refractivity contribution in [2.45, 2.75) is 6.42 Å². The summed E-state index contributed by atoms with van der Waals surface area (Å²) in [6.45, 7) is 0.440. The Morgan fingerprint density at radius 3 is 2.80 bits per heavy atom. The number of rotatable bonds is 2. The van der Waals surface area contributed by atoms with E-state index in [1.54, 1.807) is 6.07 Å². The van der Waals surface area contributed by atoms with Crippen LogP contribution in [0.5, 0.6) is 0 Å². The molecule has 1 rings (SSSR count). The van der Waals surface area contributed by atoms with Gasteiger partial charge < -0.3 is 11.5 Å². The Balaban J connectivity index is 3.08. The van der Waals surface area contributed by atoms with Crippen LogP contribution >= 0.6 is 0 Å². The van der Waals surface area contributed by atoms with Crippen molar-refractivity contribution in [3.63, 3.8) is 0 Å². The molecule has 5 nitrogen and oxygen atoms in total. The van der Waals surface area contributed by atoms with E-state index in [4.69, 9.17) is 11.5 Å². The summed E-state index contributed by atoms with van der Waals surface area (Å²) in [7, 11) is 0. The van der Waals surface area contributed by atoms with Gasteiger partial charge in [0.25, 0.3) is 5.69 Å². The lowest BCUT2D eigenvalue weighted by Crippen LogP contribution is -1.96. The molecule has 1 aromatic carbocycles. The molecule has 0 amide bonds. The molecule has 0 aliphatic rings. The second-order valence-corrected chi connectivity index (χ2v) is 2.87. The summed E-state index contributed by atoms with van der Waals surface area (Å²) >= 11 is 0. The van der Waals surface area contributed by atoms with E-state index in [1.807, 2.05) is 0 Å². The van der Waals surface area contributed by atoms with Crippen LogP contribution in [0.1, 0.15) is 12.0 Å². The van der Waals surface area contributed by atoms with Gasteiger partial charge in [0.05, 0.1) is 4.92 Å². The number of hydrogen-bond donors (Lipinski definition) is 2. The average Bonchev–Trinajstić information content (AvgIpc) is 2.20.